The van der Waals surface area contributed by atoms with Crippen LogP contribution in [0.1, 0.15) is 0 Å². The smallest absolute Gasteiger partial charge is 0.1000 e. The summed E-state index contributed by atoms with van der Waals surface area (Å²) in [6.07, 6.45) is 1.94. The van der Waals surface area contributed by atoms with Crippen LogP contribution in [-0.2, 0) is 0 Å². The fourth-order valence-corrected chi connectivity index (χ4v) is 2.45. The molecule has 4 aromatic rings. The van der Waals surface area contributed by atoms with Crippen LogP contribution < -0.4 is 5.73 Å². The monoisotopic (exact) mass is 248 g/mol. The van der Waals surface area contributed by atoms with Crippen molar-refractivity contribution in [1.82, 2.24) is 15.2 Å². The molecule has 0 saturated heterocycles. The Morgan fingerprint density at radius 3 is 2.84 bits per heavy atom. The van der Waals surface area contributed by atoms with Gasteiger partial charge in [-0.1, -0.05) is 12.1 Å². The van der Waals surface area contributed by atoms with Crippen molar-refractivity contribution in [2.24, 2.45) is 0 Å². The highest BCUT2D eigenvalue weighted by Gasteiger charge is 2.09. The molecule has 0 bridgehead atoms. The van der Waals surface area contributed by atoms with Gasteiger partial charge >= 0.3 is 0 Å². The molecule has 0 amide bonds. The first-order chi connectivity index (χ1) is 9.31. The maximum Gasteiger partial charge on any atom is 0.1000 e. The highest BCUT2D eigenvalue weighted by atomic mass is 15.1. The second-order valence-corrected chi connectivity index (χ2v) is 4.66. The molecule has 0 unspecified atom stereocenters. The molecule has 2 aromatic heterocycles. The number of H-pyrrole nitrogens is 2. The van der Waals surface area contributed by atoms with E-state index in [2.05, 4.69) is 39.4 Å². The van der Waals surface area contributed by atoms with Crippen molar-refractivity contribution < 1.29 is 0 Å². The molecule has 0 saturated carbocycles. The van der Waals surface area contributed by atoms with Crippen LogP contribution in [0.2, 0.25) is 0 Å². The maximum atomic E-state index is 5.78. The van der Waals surface area contributed by atoms with Gasteiger partial charge < -0.3 is 10.7 Å². The van der Waals surface area contributed by atoms with Gasteiger partial charge in [-0.15, -0.1) is 0 Å². The van der Waals surface area contributed by atoms with E-state index < -0.39 is 0 Å². The molecule has 0 aliphatic carbocycles. The first-order valence-corrected chi connectivity index (χ1v) is 6.12. The number of nitrogens with one attached hydrogen (secondary N) is 2. The lowest BCUT2D eigenvalue weighted by molar-refractivity contribution is 1.12. The maximum absolute atomic E-state index is 5.78. The van der Waals surface area contributed by atoms with Crippen LogP contribution >= 0.6 is 0 Å². The number of fused-ring (bicyclic) bond motifs is 2. The molecule has 4 nitrogen and oxygen atoms in total. The number of hydrogen-bond donors (Lipinski definition) is 3. The Balaban J connectivity index is 1.97. The van der Waals surface area contributed by atoms with Crippen molar-refractivity contribution in [1.29, 1.82) is 0 Å². The number of aromatic nitrogens is 3. The summed E-state index contributed by atoms with van der Waals surface area (Å²) in [5, 5.41) is 9.72. The van der Waals surface area contributed by atoms with E-state index in [-0.39, 0.29) is 0 Å². The molecule has 0 radical (unpaired) electrons. The summed E-state index contributed by atoms with van der Waals surface area (Å²) >= 11 is 0. The molecule has 0 atom stereocenters. The van der Waals surface area contributed by atoms with Crippen LogP contribution in [0.3, 0.4) is 0 Å². The predicted molar refractivity (Wildman–Crippen MR) is 77.8 cm³/mol. The summed E-state index contributed by atoms with van der Waals surface area (Å²) in [4.78, 5) is 3.22. The van der Waals surface area contributed by atoms with E-state index in [0.29, 0.717) is 0 Å². The van der Waals surface area contributed by atoms with Crippen molar-refractivity contribution in [2.45, 2.75) is 0 Å². The summed E-state index contributed by atoms with van der Waals surface area (Å²) in [7, 11) is 0. The van der Waals surface area contributed by atoms with E-state index in [0.717, 1.165) is 33.4 Å². The van der Waals surface area contributed by atoms with Crippen molar-refractivity contribution in [3.05, 3.63) is 48.7 Å². The summed E-state index contributed by atoms with van der Waals surface area (Å²) in [5.74, 6) is 0. The number of nitrogen functional groups attached to an aromatic ring is 1. The average Bonchev–Trinajstić information content (AvgIpc) is 3.02. The molecular formula is C15H12N4. The molecule has 4 rings (SSSR count). The van der Waals surface area contributed by atoms with E-state index in [1.54, 1.807) is 0 Å². The van der Waals surface area contributed by atoms with E-state index in [1.807, 2.05) is 24.4 Å². The van der Waals surface area contributed by atoms with E-state index >= 15 is 0 Å². The minimum atomic E-state index is 0.738. The Labute approximate surface area is 109 Å². The lowest BCUT2D eigenvalue weighted by atomic mass is 10.1. The number of benzene rings is 2. The molecular weight excluding hydrogens is 236 g/mol. The van der Waals surface area contributed by atoms with Crippen LogP contribution in [0, 0.1) is 0 Å². The lowest BCUT2D eigenvalue weighted by Crippen LogP contribution is -1.83. The molecule has 0 fully saturated rings. The average molecular weight is 248 g/mol. The van der Waals surface area contributed by atoms with Crippen molar-refractivity contribution >= 4 is 27.5 Å². The zero-order valence-corrected chi connectivity index (χ0v) is 10.1. The van der Waals surface area contributed by atoms with Gasteiger partial charge in [0.05, 0.1) is 11.2 Å². The quantitative estimate of drug-likeness (QED) is 0.452. The molecule has 92 valence electrons. The zero-order chi connectivity index (χ0) is 12.8. The minimum absolute atomic E-state index is 0.738. The molecule has 0 aliphatic rings. The van der Waals surface area contributed by atoms with Gasteiger partial charge in [-0.2, -0.15) is 5.10 Å². The van der Waals surface area contributed by atoms with Gasteiger partial charge in [-0.25, -0.2) is 0 Å². The van der Waals surface area contributed by atoms with Gasteiger partial charge in [0.25, 0.3) is 0 Å². The van der Waals surface area contributed by atoms with Crippen LogP contribution in [0.15, 0.2) is 48.7 Å². The van der Waals surface area contributed by atoms with E-state index in [1.165, 1.54) is 5.39 Å². The van der Waals surface area contributed by atoms with Gasteiger partial charge in [0.1, 0.15) is 0 Å². The van der Waals surface area contributed by atoms with Gasteiger partial charge in [-0.05, 0) is 35.7 Å². The number of hydrogen-bond acceptors (Lipinski definition) is 2. The highest BCUT2D eigenvalue weighted by molar-refractivity contribution is 5.96. The molecule has 0 aliphatic heterocycles. The van der Waals surface area contributed by atoms with Crippen molar-refractivity contribution in [2.75, 3.05) is 5.73 Å². The Morgan fingerprint density at radius 1 is 0.947 bits per heavy atom. The third-order valence-electron chi connectivity index (χ3n) is 3.42. The first kappa shape index (κ1) is 10.2. The van der Waals surface area contributed by atoms with Crippen molar-refractivity contribution in [3.8, 4) is 11.3 Å². The number of nitrogens with two attached hydrogens (primary N) is 1. The lowest BCUT2D eigenvalue weighted by Gasteiger charge is -1.99. The van der Waals surface area contributed by atoms with Gasteiger partial charge in [0.2, 0.25) is 0 Å². The topological polar surface area (TPSA) is 70.5 Å². The summed E-state index contributed by atoms with van der Waals surface area (Å²) < 4.78 is 0. The largest absolute Gasteiger partial charge is 0.399 e. The number of rotatable bonds is 1. The highest BCUT2D eigenvalue weighted by Crippen LogP contribution is 2.29. The third-order valence-corrected chi connectivity index (χ3v) is 3.42. The van der Waals surface area contributed by atoms with Crippen LogP contribution in [-0.4, -0.2) is 15.2 Å². The van der Waals surface area contributed by atoms with Gasteiger partial charge in [0, 0.05) is 28.4 Å². The van der Waals surface area contributed by atoms with Crippen LogP contribution in [0.4, 0.5) is 5.69 Å². The summed E-state index contributed by atoms with van der Waals surface area (Å²) in [6, 6.07) is 14.2. The number of nitrogens with zero attached hydrogens (tertiary/aromatic N) is 1. The number of aromatic amines is 2. The Kier molecular flexibility index (Phi) is 1.94. The second-order valence-electron chi connectivity index (χ2n) is 4.66. The summed E-state index contributed by atoms with van der Waals surface area (Å²) in [6.45, 7) is 0. The Morgan fingerprint density at radius 2 is 1.89 bits per heavy atom. The standard InChI is InChI=1S/C15H12N4/c16-11-3-4-12-14(8-11)18-19-15(12)10-2-1-9-5-6-17-13(9)7-10/h1-8,17H,16H2,(H,18,19). The molecule has 19 heavy (non-hydrogen) atoms. The first-order valence-electron chi connectivity index (χ1n) is 6.12. The molecule has 2 heterocycles. The molecule has 4 heteroatoms. The van der Waals surface area contributed by atoms with Crippen LogP contribution in [0.25, 0.3) is 33.1 Å². The Bertz CT molecular complexity index is 885. The fourth-order valence-electron chi connectivity index (χ4n) is 2.45. The second kappa shape index (κ2) is 3.62. The van der Waals surface area contributed by atoms with Gasteiger partial charge in [-0.3, -0.25) is 5.10 Å². The van der Waals surface area contributed by atoms with E-state index in [4.69, 9.17) is 5.73 Å². The van der Waals surface area contributed by atoms with Crippen LogP contribution in [0.5, 0.6) is 0 Å². The predicted octanol–water partition coefficient (Wildman–Crippen LogP) is 3.29. The molecule has 0 spiro atoms. The van der Waals surface area contributed by atoms with Crippen molar-refractivity contribution in [3.63, 3.8) is 0 Å². The molecule has 2 aromatic carbocycles. The third kappa shape index (κ3) is 1.50. The minimum Gasteiger partial charge on any atom is -0.399 e. The number of anilines is 1. The SMILES string of the molecule is Nc1ccc2c(-c3ccc4cc[nH]c4c3)n[nH]c2c1. The van der Waals surface area contributed by atoms with E-state index in [9.17, 15) is 0 Å². The zero-order valence-electron chi connectivity index (χ0n) is 10.1. The summed E-state index contributed by atoms with van der Waals surface area (Å²) in [5.41, 5.74) is 10.6. The Hall–Kier alpha value is -2.75. The van der Waals surface area contributed by atoms with Gasteiger partial charge in [0.15, 0.2) is 0 Å². The normalized spacial score (nSPS) is 11.4. The fraction of sp³-hybridized carbons (Fsp3) is 0. The molecule has 4 N–H and O–H groups in total.